The highest BCUT2D eigenvalue weighted by Gasteiger charge is 2.08. The van der Waals surface area contributed by atoms with Gasteiger partial charge in [0.25, 0.3) is 11.3 Å². The largest absolute Gasteiger partial charge is 0.379 e. The second-order valence-electron chi connectivity index (χ2n) is 6.68. The van der Waals surface area contributed by atoms with Gasteiger partial charge < -0.3 is 10.6 Å². The van der Waals surface area contributed by atoms with Crippen molar-refractivity contribution in [1.29, 1.82) is 0 Å². The van der Waals surface area contributed by atoms with E-state index in [9.17, 15) is 9.18 Å². The van der Waals surface area contributed by atoms with Crippen LogP contribution < -0.4 is 16.2 Å². The fourth-order valence-corrected chi connectivity index (χ4v) is 2.94. The number of fused-ring (bicyclic) bond motifs is 1. The van der Waals surface area contributed by atoms with Crippen LogP contribution >= 0.6 is 0 Å². The minimum atomic E-state index is -0.282. The van der Waals surface area contributed by atoms with Gasteiger partial charge in [0.2, 0.25) is 5.95 Å². The molecule has 29 heavy (non-hydrogen) atoms. The maximum absolute atomic E-state index is 13.0. The van der Waals surface area contributed by atoms with Gasteiger partial charge in [0, 0.05) is 18.3 Å². The van der Waals surface area contributed by atoms with E-state index in [4.69, 9.17) is 0 Å². The zero-order chi connectivity index (χ0) is 20.2. The standard InChI is InChI=1S/C21H21FN6O/c1-2-14-5-9-17(10-6-14)23-13-18-11-19(29)28-21(25-18)26-20(27-28)24-12-15-3-7-16(22)8-4-15/h3-11,23H,2,12-13H2,1H3,(H2,24,25,26,27). The van der Waals surface area contributed by atoms with Crippen LogP contribution in [0.25, 0.3) is 5.78 Å². The third kappa shape index (κ3) is 4.43. The lowest BCUT2D eigenvalue weighted by Gasteiger charge is -2.06. The normalized spacial score (nSPS) is 11.0. The van der Waals surface area contributed by atoms with Gasteiger partial charge in [-0.2, -0.15) is 9.50 Å². The Morgan fingerprint density at radius 1 is 0.966 bits per heavy atom. The average molecular weight is 392 g/mol. The summed E-state index contributed by atoms with van der Waals surface area (Å²) in [5.74, 6) is 0.423. The molecule has 0 spiro atoms. The van der Waals surface area contributed by atoms with E-state index in [2.05, 4.69) is 44.8 Å². The summed E-state index contributed by atoms with van der Waals surface area (Å²) in [6.45, 7) is 2.97. The number of nitrogens with one attached hydrogen (secondary N) is 3. The smallest absolute Gasteiger partial charge is 0.274 e. The highest BCUT2D eigenvalue weighted by atomic mass is 19.1. The second-order valence-corrected chi connectivity index (χ2v) is 6.68. The molecule has 2 aromatic carbocycles. The molecule has 0 fully saturated rings. The average Bonchev–Trinajstić information content (AvgIpc) is 3.16. The van der Waals surface area contributed by atoms with E-state index in [-0.39, 0.29) is 17.2 Å². The SMILES string of the molecule is CCc1ccc(NCc2cc(=O)n3[nH]c(NCc4ccc(F)cc4)nc3n2)cc1. The van der Waals surface area contributed by atoms with Crippen LogP contribution in [0.4, 0.5) is 16.0 Å². The monoisotopic (exact) mass is 392 g/mol. The first-order chi connectivity index (χ1) is 14.1. The summed E-state index contributed by atoms with van der Waals surface area (Å²) in [5.41, 5.74) is 3.49. The fraction of sp³-hybridized carbons (Fsp3) is 0.190. The third-order valence-corrected chi connectivity index (χ3v) is 4.59. The molecule has 148 valence electrons. The number of H-pyrrole nitrogens is 1. The quantitative estimate of drug-likeness (QED) is 0.449. The predicted molar refractivity (Wildman–Crippen MR) is 110 cm³/mol. The molecule has 0 unspecified atom stereocenters. The third-order valence-electron chi connectivity index (χ3n) is 4.59. The van der Waals surface area contributed by atoms with Crippen LogP contribution in [0.5, 0.6) is 0 Å². The number of aromatic amines is 1. The molecule has 0 bridgehead atoms. The Labute approximate surface area is 166 Å². The van der Waals surface area contributed by atoms with Gasteiger partial charge in [-0.05, 0) is 41.8 Å². The molecule has 4 rings (SSSR count). The van der Waals surface area contributed by atoms with Crippen molar-refractivity contribution >= 4 is 17.4 Å². The summed E-state index contributed by atoms with van der Waals surface area (Å²) in [7, 11) is 0. The zero-order valence-electron chi connectivity index (χ0n) is 15.9. The van der Waals surface area contributed by atoms with E-state index in [1.54, 1.807) is 12.1 Å². The van der Waals surface area contributed by atoms with E-state index >= 15 is 0 Å². The van der Waals surface area contributed by atoms with Gasteiger partial charge in [-0.3, -0.25) is 9.89 Å². The van der Waals surface area contributed by atoms with Crippen molar-refractivity contribution in [2.45, 2.75) is 26.4 Å². The summed E-state index contributed by atoms with van der Waals surface area (Å²) < 4.78 is 14.3. The van der Waals surface area contributed by atoms with E-state index in [0.29, 0.717) is 24.7 Å². The number of nitrogens with zero attached hydrogens (tertiary/aromatic N) is 3. The molecule has 0 aliphatic carbocycles. The van der Waals surface area contributed by atoms with Crippen LogP contribution in [0.1, 0.15) is 23.7 Å². The number of hydrogen-bond acceptors (Lipinski definition) is 5. The van der Waals surface area contributed by atoms with Crippen LogP contribution in [0.2, 0.25) is 0 Å². The van der Waals surface area contributed by atoms with Gasteiger partial charge in [-0.1, -0.05) is 31.2 Å². The predicted octanol–water partition coefficient (Wildman–Crippen LogP) is 3.34. The van der Waals surface area contributed by atoms with Gasteiger partial charge in [-0.25, -0.2) is 9.37 Å². The highest BCUT2D eigenvalue weighted by Crippen LogP contribution is 2.11. The summed E-state index contributed by atoms with van der Waals surface area (Å²) in [6.07, 6.45) is 0.992. The van der Waals surface area contributed by atoms with Crippen LogP contribution in [0.3, 0.4) is 0 Å². The number of halogens is 1. The molecule has 7 nitrogen and oxygen atoms in total. The first-order valence-corrected chi connectivity index (χ1v) is 9.40. The highest BCUT2D eigenvalue weighted by molar-refractivity contribution is 5.45. The molecule has 2 heterocycles. The molecule has 0 radical (unpaired) electrons. The van der Waals surface area contributed by atoms with Crippen molar-refractivity contribution in [2.75, 3.05) is 10.6 Å². The van der Waals surface area contributed by atoms with Crippen molar-refractivity contribution < 1.29 is 4.39 Å². The first kappa shape index (κ1) is 18.7. The Balaban J connectivity index is 1.46. The summed E-state index contributed by atoms with van der Waals surface area (Å²) >= 11 is 0. The Morgan fingerprint density at radius 3 is 2.41 bits per heavy atom. The summed E-state index contributed by atoms with van der Waals surface area (Å²) in [5, 5.41) is 9.23. The maximum Gasteiger partial charge on any atom is 0.274 e. The maximum atomic E-state index is 13.0. The molecule has 3 N–H and O–H groups in total. The van der Waals surface area contributed by atoms with Crippen LogP contribution in [-0.2, 0) is 19.5 Å². The van der Waals surface area contributed by atoms with Gasteiger partial charge in [0.15, 0.2) is 0 Å². The molecule has 0 atom stereocenters. The van der Waals surface area contributed by atoms with Gasteiger partial charge >= 0.3 is 0 Å². The number of benzene rings is 2. The number of hydrogen-bond donors (Lipinski definition) is 3. The molecule has 8 heteroatoms. The topological polar surface area (TPSA) is 87.1 Å². The molecule has 0 saturated carbocycles. The Kier molecular flexibility index (Phi) is 5.24. The molecular weight excluding hydrogens is 371 g/mol. The minimum absolute atomic E-state index is 0.240. The lowest BCUT2D eigenvalue weighted by atomic mass is 10.1. The molecule has 0 amide bonds. The van der Waals surface area contributed by atoms with Crippen LogP contribution in [0, 0.1) is 5.82 Å². The minimum Gasteiger partial charge on any atom is -0.379 e. The van der Waals surface area contributed by atoms with Crippen LogP contribution in [-0.4, -0.2) is 19.6 Å². The van der Waals surface area contributed by atoms with Crippen molar-refractivity contribution in [2.24, 2.45) is 0 Å². The zero-order valence-corrected chi connectivity index (χ0v) is 15.9. The van der Waals surface area contributed by atoms with Crippen LogP contribution in [0.15, 0.2) is 59.4 Å². The Morgan fingerprint density at radius 2 is 1.69 bits per heavy atom. The van der Waals surface area contributed by atoms with Gasteiger partial charge in [-0.15, -0.1) is 0 Å². The first-order valence-electron chi connectivity index (χ1n) is 9.40. The van der Waals surface area contributed by atoms with E-state index < -0.39 is 0 Å². The fourth-order valence-electron chi connectivity index (χ4n) is 2.94. The Bertz CT molecular complexity index is 1160. The van der Waals surface area contributed by atoms with Crippen molar-refractivity contribution in [3.05, 3.63) is 87.6 Å². The number of aromatic nitrogens is 4. The van der Waals surface area contributed by atoms with E-state index in [1.807, 2.05) is 12.1 Å². The second kappa shape index (κ2) is 8.14. The molecule has 2 aromatic heterocycles. The van der Waals surface area contributed by atoms with E-state index in [1.165, 1.54) is 28.3 Å². The van der Waals surface area contributed by atoms with Gasteiger partial charge in [0.05, 0.1) is 12.2 Å². The molecule has 0 aliphatic rings. The molecular formula is C21H21FN6O. The number of aryl methyl sites for hydroxylation is 1. The van der Waals surface area contributed by atoms with E-state index in [0.717, 1.165) is 17.7 Å². The Hall–Kier alpha value is -3.68. The molecule has 0 saturated heterocycles. The number of rotatable bonds is 7. The van der Waals surface area contributed by atoms with Crippen molar-refractivity contribution in [1.82, 2.24) is 19.6 Å². The van der Waals surface area contributed by atoms with Crippen molar-refractivity contribution in [3.8, 4) is 0 Å². The number of anilines is 2. The summed E-state index contributed by atoms with van der Waals surface area (Å²) in [6, 6.07) is 15.8. The lowest BCUT2D eigenvalue weighted by molar-refractivity contribution is 0.627. The lowest BCUT2D eigenvalue weighted by Crippen LogP contribution is -2.17. The summed E-state index contributed by atoms with van der Waals surface area (Å²) in [4.78, 5) is 21.1. The van der Waals surface area contributed by atoms with Gasteiger partial charge in [0.1, 0.15) is 5.82 Å². The molecule has 0 aliphatic heterocycles. The van der Waals surface area contributed by atoms with Crippen molar-refractivity contribution in [3.63, 3.8) is 0 Å². The molecule has 4 aromatic rings.